The van der Waals surface area contributed by atoms with Gasteiger partial charge in [-0.1, -0.05) is 78.4 Å². The van der Waals surface area contributed by atoms with Gasteiger partial charge in [0.25, 0.3) is 0 Å². The Kier molecular flexibility index (Phi) is 4.56. The Morgan fingerprint density at radius 1 is 1.00 bits per heavy atom. The highest BCUT2D eigenvalue weighted by Crippen LogP contribution is 2.53. The molecule has 0 radical (unpaired) electrons. The van der Waals surface area contributed by atoms with Crippen LogP contribution in [0.3, 0.4) is 0 Å². The van der Waals surface area contributed by atoms with E-state index in [0.29, 0.717) is 12.8 Å². The molecule has 2 aliphatic heterocycles. The van der Waals surface area contributed by atoms with Gasteiger partial charge in [0, 0.05) is 24.3 Å². The number of ketones is 1. The van der Waals surface area contributed by atoms with Crippen molar-refractivity contribution in [2.24, 2.45) is 0 Å². The molecule has 150 valence electrons. The molecule has 1 N–H and O–H groups in total. The van der Waals surface area contributed by atoms with Crippen LogP contribution in [0.2, 0.25) is 0 Å². The van der Waals surface area contributed by atoms with E-state index in [1.807, 2.05) is 48.5 Å². The summed E-state index contributed by atoms with van der Waals surface area (Å²) in [4.78, 5) is 16.2. The molecule has 3 heteroatoms. The van der Waals surface area contributed by atoms with Crippen molar-refractivity contribution < 1.29 is 9.90 Å². The molecule has 2 atom stereocenters. The van der Waals surface area contributed by atoms with E-state index in [0.717, 1.165) is 27.9 Å². The summed E-state index contributed by atoms with van der Waals surface area (Å²) in [6.07, 6.45) is 3.39. The second-order valence-corrected chi connectivity index (χ2v) is 8.20. The van der Waals surface area contributed by atoms with Crippen LogP contribution in [0.4, 0.5) is 5.69 Å². The number of hydrogen-bond donors (Lipinski definition) is 1. The summed E-state index contributed by atoms with van der Waals surface area (Å²) in [5.41, 5.74) is 5.45. The first kappa shape index (κ1) is 18.8. The van der Waals surface area contributed by atoms with Gasteiger partial charge in [0.1, 0.15) is 5.54 Å². The number of benzene rings is 3. The molecular weight excluding hydrogens is 370 g/mol. The van der Waals surface area contributed by atoms with Crippen molar-refractivity contribution in [2.45, 2.75) is 31.3 Å². The van der Waals surface area contributed by atoms with E-state index in [2.05, 4.69) is 48.2 Å². The van der Waals surface area contributed by atoms with Crippen molar-refractivity contribution in [1.82, 2.24) is 0 Å². The number of nitrogens with zero attached hydrogens (tertiary/aromatic N) is 1. The molecule has 2 aliphatic rings. The van der Waals surface area contributed by atoms with Gasteiger partial charge in [-0.3, -0.25) is 4.79 Å². The monoisotopic (exact) mass is 395 g/mol. The number of aryl methyl sites for hydroxylation is 1. The lowest BCUT2D eigenvalue weighted by Crippen LogP contribution is -2.55. The Morgan fingerprint density at radius 2 is 1.77 bits per heavy atom. The summed E-state index contributed by atoms with van der Waals surface area (Å²) in [7, 11) is 0. The van der Waals surface area contributed by atoms with Crippen LogP contribution in [-0.2, 0) is 5.54 Å². The molecule has 3 nitrogen and oxygen atoms in total. The zero-order chi connectivity index (χ0) is 20.7. The quantitative estimate of drug-likeness (QED) is 0.666. The molecule has 0 saturated carbocycles. The van der Waals surface area contributed by atoms with Crippen molar-refractivity contribution in [2.75, 3.05) is 11.5 Å². The second kappa shape index (κ2) is 7.26. The number of anilines is 1. The highest BCUT2D eigenvalue weighted by atomic mass is 16.3. The minimum Gasteiger partial charge on any atom is -0.396 e. The number of carbonyl (C=O) groups is 1. The van der Waals surface area contributed by atoms with Gasteiger partial charge in [0.15, 0.2) is 5.78 Å². The van der Waals surface area contributed by atoms with Gasteiger partial charge in [-0.05, 0) is 42.2 Å². The molecule has 0 aromatic heterocycles. The van der Waals surface area contributed by atoms with Crippen LogP contribution in [0.15, 0.2) is 84.9 Å². The number of para-hydroxylation sites is 1. The van der Waals surface area contributed by atoms with Crippen molar-refractivity contribution in [3.05, 3.63) is 107 Å². The summed E-state index contributed by atoms with van der Waals surface area (Å²) in [6.45, 7) is 2.13. The standard InChI is InChI=1S/C27H25NO2/c1-19-8-7-11-21(18-19)27-16-14-22(20-9-3-2-4-10-20)25(15-17-29)28(27)24-13-6-5-12-23(24)26(27)30/h2-14,18,25,29H,15-17H2,1H3/t25-,27-/m1/s1. The molecular formula is C27H25NO2. The molecule has 5 rings (SSSR count). The number of fused-ring (bicyclic) bond motifs is 3. The number of aliphatic hydroxyl groups excluding tert-OH is 1. The van der Waals surface area contributed by atoms with Gasteiger partial charge < -0.3 is 10.0 Å². The van der Waals surface area contributed by atoms with E-state index < -0.39 is 5.54 Å². The molecule has 0 saturated heterocycles. The maximum atomic E-state index is 13.9. The minimum absolute atomic E-state index is 0.0611. The lowest BCUT2D eigenvalue weighted by Gasteiger charge is -2.48. The van der Waals surface area contributed by atoms with Crippen molar-refractivity contribution in [3.8, 4) is 0 Å². The Morgan fingerprint density at radius 3 is 2.53 bits per heavy atom. The van der Waals surface area contributed by atoms with E-state index in [-0.39, 0.29) is 18.4 Å². The maximum Gasteiger partial charge on any atom is 0.195 e. The van der Waals surface area contributed by atoms with Crippen LogP contribution in [0.5, 0.6) is 0 Å². The summed E-state index contributed by atoms with van der Waals surface area (Å²) in [5.74, 6) is 0.148. The van der Waals surface area contributed by atoms with E-state index in [1.54, 1.807) is 0 Å². The number of hydrogen-bond acceptors (Lipinski definition) is 3. The minimum atomic E-state index is -0.770. The first-order valence-corrected chi connectivity index (χ1v) is 10.5. The first-order valence-electron chi connectivity index (χ1n) is 10.5. The molecule has 0 amide bonds. The van der Waals surface area contributed by atoms with E-state index in [4.69, 9.17) is 0 Å². The summed E-state index contributed by atoms with van der Waals surface area (Å²) >= 11 is 0. The molecule has 0 fully saturated rings. The topological polar surface area (TPSA) is 40.5 Å². The van der Waals surface area contributed by atoms with Crippen molar-refractivity contribution >= 4 is 17.0 Å². The van der Waals surface area contributed by atoms with E-state index >= 15 is 0 Å². The van der Waals surface area contributed by atoms with Gasteiger partial charge >= 0.3 is 0 Å². The van der Waals surface area contributed by atoms with E-state index in [1.165, 1.54) is 5.57 Å². The zero-order valence-corrected chi connectivity index (χ0v) is 17.1. The summed E-state index contributed by atoms with van der Waals surface area (Å²) in [5, 5.41) is 9.98. The third kappa shape index (κ3) is 2.66. The van der Waals surface area contributed by atoms with Gasteiger partial charge in [-0.25, -0.2) is 0 Å². The number of aliphatic hydroxyl groups is 1. The van der Waals surface area contributed by atoms with Crippen LogP contribution in [0.1, 0.15) is 39.9 Å². The lowest BCUT2D eigenvalue weighted by molar-refractivity contribution is 0.0890. The zero-order valence-electron chi connectivity index (χ0n) is 17.1. The fourth-order valence-corrected chi connectivity index (χ4v) is 5.21. The molecule has 0 bridgehead atoms. The van der Waals surface area contributed by atoms with Crippen LogP contribution < -0.4 is 4.90 Å². The van der Waals surface area contributed by atoms with Crippen molar-refractivity contribution in [3.63, 3.8) is 0 Å². The van der Waals surface area contributed by atoms with Crippen LogP contribution in [0.25, 0.3) is 5.57 Å². The van der Waals surface area contributed by atoms with Gasteiger partial charge in [0.2, 0.25) is 0 Å². The highest BCUT2D eigenvalue weighted by molar-refractivity contribution is 6.15. The van der Waals surface area contributed by atoms with Crippen molar-refractivity contribution in [1.29, 1.82) is 0 Å². The molecule has 0 spiro atoms. The second-order valence-electron chi connectivity index (χ2n) is 8.20. The number of carbonyl (C=O) groups excluding carboxylic acids is 1. The van der Waals surface area contributed by atoms with Crippen LogP contribution in [-0.4, -0.2) is 23.5 Å². The third-order valence-corrected chi connectivity index (χ3v) is 6.49. The molecule has 3 aromatic carbocycles. The number of rotatable bonds is 4. The smallest absolute Gasteiger partial charge is 0.195 e. The predicted octanol–water partition coefficient (Wildman–Crippen LogP) is 5.13. The molecule has 30 heavy (non-hydrogen) atoms. The third-order valence-electron chi connectivity index (χ3n) is 6.49. The Balaban J connectivity index is 1.77. The Bertz CT molecular complexity index is 1130. The normalized spacial score (nSPS) is 22.5. The van der Waals surface area contributed by atoms with Gasteiger partial charge in [-0.15, -0.1) is 0 Å². The molecule has 2 heterocycles. The fraction of sp³-hybridized carbons (Fsp3) is 0.222. The molecule has 0 unspecified atom stereocenters. The van der Waals surface area contributed by atoms with Crippen LogP contribution >= 0.6 is 0 Å². The first-order chi connectivity index (χ1) is 14.7. The Hall–Kier alpha value is -3.17. The predicted molar refractivity (Wildman–Crippen MR) is 121 cm³/mol. The highest BCUT2D eigenvalue weighted by Gasteiger charge is 2.56. The maximum absolute atomic E-state index is 13.9. The SMILES string of the molecule is Cc1cccc([C@@]23CC=C(c4ccccc4)[C@@H](CCO)N2c2ccccc2C3=O)c1. The Labute approximate surface area is 177 Å². The molecule has 3 aromatic rings. The average molecular weight is 396 g/mol. The lowest BCUT2D eigenvalue weighted by atomic mass is 9.75. The van der Waals surface area contributed by atoms with Gasteiger partial charge in [0.05, 0.1) is 6.04 Å². The molecule has 0 aliphatic carbocycles. The largest absolute Gasteiger partial charge is 0.396 e. The fourth-order valence-electron chi connectivity index (χ4n) is 5.21. The van der Waals surface area contributed by atoms with Crippen LogP contribution in [0, 0.1) is 6.92 Å². The average Bonchev–Trinajstić information content (AvgIpc) is 3.05. The summed E-state index contributed by atoms with van der Waals surface area (Å²) in [6, 6.07) is 26.4. The summed E-state index contributed by atoms with van der Waals surface area (Å²) < 4.78 is 0. The van der Waals surface area contributed by atoms with Gasteiger partial charge in [-0.2, -0.15) is 0 Å². The number of Topliss-reactive ketones (excluding diaryl/α,β-unsaturated/α-hetero) is 1. The van der Waals surface area contributed by atoms with E-state index in [9.17, 15) is 9.90 Å².